The van der Waals surface area contributed by atoms with Crippen molar-refractivity contribution in [3.8, 4) is 0 Å². The SMILES string of the molecule is CC(CN)C[N+](C)(C)c1ccc(Cl)c(Cl)c1. The van der Waals surface area contributed by atoms with Crippen LogP contribution in [0.2, 0.25) is 10.0 Å². The van der Waals surface area contributed by atoms with Crippen LogP contribution in [0.15, 0.2) is 18.2 Å². The molecule has 16 heavy (non-hydrogen) atoms. The Kier molecular flexibility index (Phi) is 4.62. The normalized spacial score (nSPS) is 13.9. The zero-order valence-electron chi connectivity index (χ0n) is 10.0. The molecule has 1 aromatic rings. The molecule has 1 rings (SSSR count). The number of halogens is 2. The standard InChI is InChI=1S/C12H19Cl2N2/c1-9(7-15)8-16(2,3)10-4-5-11(13)12(14)6-10/h4-6,9H,7-8,15H2,1-3H3/q+1. The number of quaternary nitrogens is 1. The van der Waals surface area contributed by atoms with Crippen molar-refractivity contribution < 1.29 is 0 Å². The first kappa shape index (κ1) is 13.8. The molecule has 0 saturated carbocycles. The molecule has 0 bridgehead atoms. The predicted molar refractivity (Wildman–Crippen MR) is 73.2 cm³/mol. The van der Waals surface area contributed by atoms with Crippen molar-refractivity contribution in [1.82, 2.24) is 4.48 Å². The minimum atomic E-state index is 0.476. The molecular formula is C12H19Cl2N2+. The summed E-state index contributed by atoms with van der Waals surface area (Å²) in [6.07, 6.45) is 0. The van der Waals surface area contributed by atoms with E-state index in [0.29, 0.717) is 22.5 Å². The average Bonchev–Trinajstić information content (AvgIpc) is 2.21. The van der Waals surface area contributed by atoms with Crippen molar-refractivity contribution >= 4 is 28.9 Å². The second kappa shape index (κ2) is 5.37. The summed E-state index contributed by atoms with van der Waals surface area (Å²) >= 11 is 11.9. The van der Waals surface area contributed by atoms with Crippen LogP contribution >= 0.6 is 23.2 Å². The van der Waals surface area contributed by atoms with Crippen LogP contribution in [0, 0.1) is 5.92 Å². The van der Waals surface area contributed by atoms with E-state index in [9.17, 15) is 0 Å². The molecule has 0 radical (unpaired) electrons. The van der Waals surface area contributed by atoms with E-state index in [1.807, 2.05) is 18.2 Å². The van der Waals surface area contributed by atoms with Crippen LogP contribution in [0.1, 0.15) is 6.92 Å². The van der Waals surface area contributed by atoms with Crippen molar-refractivity contribution in [2.24, 2.45) is 11.7 Å². The highest BCUT2D eigenvalue weighted by Gasteiger charge is 2.22. The van der Waals surface area contributed by atoms with E-state index in [-0.39, 0.29) is 0 Å². The molecule has 1 atom stereocenters. The number of rotatable bonds is 4. The third kappa shape index (κ3) is 3.36. The van der Waals surface area contributed by atoms with Gasteiger partial charge in [0.25, 0.3) is 0 Å². The summed E-state index contributed by atoms with van der Waals surface area (Å²) in [5.41, 5.74) is 6.80. The summed E-state index contributed by atoms with van der Waals surface area (Å²) in [6.45, 7) is 3.83. The quantitative estimate of drug-likeness (QED) is 0.829. The Bertz CT molecular complexity index is 364. The van der Waals surface area contributed by atoms with E-state index in [2.05, 4.69) is 21.0 Å². The lowest BCUT2D eigenvalue weighted by molar-refractivity contribution is 0.338. The largest absolute Gasteiger partial charge is 0.330 e. The van der Waals surface area contributed by atoms with E-state index in [4.69, 9.17) is 28.9 Å². The second-order valence-electron chi connectivity index (χ2n) is 4.81. The third-order valence-corrected chi connectivity index (χ3v) is 3.51. The van der Waals surface area contributed by atoms with Gasteiger partial charge in [-0.3, -0.25) is 4.48 Å². The van der Waals surface area contributed by atoms with Crippen LogP contribution in [0.3, 0.4) is 0 Å². The van der Waals surface area contributed by atoms with Gasteiger partial charge < -0.3 is 5.73 Å². The Hall–Kier alpha value is -0.280. The van der Waals surface area contributed by atoms with Crippen molar-refractivity contribution in [3.63, 3.8) is 0 Å². The molecule has 2 nitrogen and oxygen atoms in total. The Morgan fingerprint density at radius 2 is 1.88 bits per heavy atom. The smallest absolute Gasteiger partial charge is 0.134 e. The predicted octanol–water partition coefficient (Wildman–Crippen LogP) is 3.16. The Labute approximate surface area is 108 Å². The molecule has 4 heteroatoms. The fourth-order valence-corrected chi connectivity index (χ4v) is 2.11. The van der Waals surface area contributed by atoms with Crippen molar-refractivity contribution in [3.05, 3.63) is 28.2 Å². The molecule has 0 fully saturated rings. The second-order valence-corrected chi connectivity index (χ2v) is 5.62. The number of benzene rings is 1. The van der Waals surface area contributed by atoms with Gasteiger partial charge in [-0.05, 0) is 6.07 Å². The van der Waals surface area contributed by atoms with E-state index in [1.165, 1.54) is 0 Å². The monoisotopic (exact) mass is 261 g/mol. The number of hydrogen-bond acceptors (Lipinski definition) is 1. The maximum absolute atomic E-state index is 6.02. The first-order chi connectivity index (χ1) is 7.36. The van der Waals surface area contributed by atoms with Crippen LogP contribution in [0.5, 0.6) is 0 Å². The highest BCUT2D eigenvalue weighted by molar-refractivity contribution is 6.42. The summed E-state index contributed by atoms with van der Waals surface area (Å²) in [6, 6.07) is 5.77. The molecule has 0 aliphatic rings. The first-order valence-electron chi connectivity index (χ1n) is 5.35. The summed E-state index contributed by atoms with van der Waals surface area (Å²) in [7, 11) is 4.29. The molecule has 0 aliphatic carbocycles. The topological polar surface area (TPSA) is 26.0 Å². The fourth-order valence-electron chi connectivity index (χ4n) is 1.82. The number of hydrogen-bond donors (Lipinski definition) is 1. The maximum atomic E-state index is 6.02. The Balaban J connectivity index is 2.93. The molecule has 0 saturated heterocycles. The van der Waals surface area contributed by atoms with E-state index in [1.54, 1.807) is 0 Å². The minimum Gasteiger partial charge on any atom is -0.330 e. The lowest BCUT2D eigenvalue weighted by atomic mass is 10.1. The van der Waals surface area contributed by atoms with Crippen molar-refractivity contribution in [2.75, 3.05) is 27.2 Å². The molecule has 2 N–H and O–H groups in total. The molecular weight excluding hydrogens is 243 g/mol. The molecule has 0 spiro atoms. The fraction of sp³-hybridized carbons (Fsp3) is 0.500. The minimum absolute atomic E-state index is 0.476. The van der Waals surface area contributed by atoms with Gasteiger partial charge in [0.15, 0.2) is 0 Å². The molecule has 90 valence electrons. The highest BCUT2D eigenvalue weighted by atomic mass is 35.5. The average molecular weight is 262 g/mol. The van der Waals surface area contributed by atoms with Crippen molar-refractivity contribution in [1.29, 1.82) is 0 Å². The van der Waals surface area contributed by atoms with Crippen LogP contribution in [-0.4, -0.2) is 27.2 Å². The van der Waals surface area contributed by atoms with Gasteiger partial charge in [-0.15, -0.1) is 0 Å². The Morgan fingerprint density at radius 1 is 1.25 bits per heavy atom. The van der Waals surface area contributed by atoms with Gasteiger partial charge in [-0.25, -0.2) is 0 Å². The van der Waals surface area contributed by atoms with Gasteiger partial charge in [0.1, 0.15) is 5.69 Å². The first-order valence-corrected chi connectivity index (χ1v) is 6.11. The van der Waals surface area contributed by atoms with Gasteiger partial charge in [0.2, 0.25) is 0 Å². The maximum Gasteiger partial charge on any atom is 0.134 e. The molecule has 0 amide bonds. The van der Waals surface area contributed by atoms with Crippen LogP contribution in [-0.2, 0) is 0 Å². The van der Waals surface area contributed by atoms with E-state index < -0.39 is 0 Å². The van der Waals surface area contributed by atoms with E-state index in [0.717, 1.165) is 16.7 Å². The lowest BCUT2D eigenvalue weighted by Crippen LogP contribution is -2.45. The van der Waals surface area contributed by atoms with Gasteiger partial charge >= 0.3 is 0 Å². The summed E-state index contributed by atoms with van der Waals surface area (Å²) < 4.78 is 0.759. The third-order valence-electron chi connectivity index (χ3n) is 2.77. The van der Waals surface area contributed by atoms with Gasteiger partial charge in [0, 0.05) is 24.6 Å². The van der Waals surface area contributed by atoms with Crippen LogP contribution in [0.25, 0.3) is 0 Å². The summed E-state index contributed by atoms with van der Waals surface area (Å²) in [5.74, 6) is 0.476. The van der Waals surface area contributed by atoms with E-state index >= 15 is 0 Å². The number of nitrogens with two attached hydrogens (primary N) is 1. The zero-order valence-corrected chi connectivity index (χ0v) is 11.5. The molecule has 0 aromatic heterocycles. The molecule has 1 aromatic carbocycles. The number of nitrogens with zero attached hydrogens (tertiary/aromatic N) is 1. The lowest BCUT2D eigenvalue weighted by Gasteiger charge is -2.31. The van der Waals surface area contributed by atoms with Crippen LogP contribution < -0.4 is 10.2 Å². The zero-order chi connectivity index (χ0) is 12.3. The van der Waals surface area contributed by atoms with Gasteiger partial charge in [-0.1, -0.05) is 30.1 Å². The van der Waals surface area contributed by atoms with Gasteiger partial charge in [0.05, 0.1) is 30.7 Å². The van der Waals surface area contributed by atoms with Crippen molar-refractivity contribution in [2.45, 2.75) is 6.92 Å². The summed E-state index contributed by atoms with van der Waals surface area (Å²) in [5, 5.41) is 1.20. The molecule has 0 aliphatic heterocycles. The summed E-state index contributed by atoms with van der Waals surface area (Å²) in [4.78, 5) is 0. The molecule has 0 heterocycles. The van der Waals surface area contributed by atoms with Crippen LogP contribution in [0.4, 0.5) is 5.69 Å². The molecule has 1 unspecified atom stereocenters. The highest BCUT2D eigenvalue weighted by Crippen LogP contribution is 2.29. The van der Waals surface area contributed by atoms with Gasteiger partial charge in [-0.2, -0.15) is 0 Å². The Morgan fingerprint density at radius 3 is 2.38 bits per heavy atom.